The molecule has 13 heteroatoms. The summed E-state index contributed by atoms with van der Waals surface area (Å²) >= 11 is 0. The molecule has 2 atom stereocenters. The molecule has 6 nitrogen and oxygen atoms in total. The Kier molecular flexibility index (Phi) is 6.99. The summed E-state index contributed by atoms with van der Waals surface area (Å²) in [7, 11) is -4.44. The predicted molar refractivity (Wildman–Crippen MR) is 119 cm³/mol. The lowest BCUT2D eigenvalue weighted by Gasteiger charge is -2.29. The molecule has 1 aliphatic heterocycles. The van der Waals surface area contributed by atoms with Gasteiger partial charge in [0.15, 0.2) is 0 Å². The van der Waals surface area contributed by atoms with Crippen LogP contribution in [-0.2, 0) is 16.4 Å². The van der Waals surface area contributed by atoms with Crippen molar-refractivity contribution < 1.29 is 39.6 Å². The highest BCUT2D eigenvalue weighted by atomic mass is 32.2. The maximum atomic E-state index is 15.5. The molecular weight excluding hydrogens is 512 g/mol. The average Bonchev–Trinajstić information content (AvgIpc) is 3.55. The summed E-state index contributed by atoms with van der Waals surface area (Å²) in [5, 5.41) is 1.75. The molecule has 196 valence electrons. The van der Waals surface area contributed by atoms with Crippen LogP contribution in [0.25, 0.3) is 11.1 Å². The number of halogens is 6. The summed E-state index contributed by atoms with van der Waals surface area (Å²) in [5.41, 5.74) is -0.738. The van der Waals surface area contributed by atoms with Crippen molar-refractivity contribution >= 4 is 16.1 Å². The maximum absolute atomic E-state index is 15.5. The van der Waals surface area contributed by atoms with E-state index in [1.807, 2.05) is 0 Å². The molecule has 2 aliphatic rings. The van der Waals surface area contributed by atoms with Crippen LogP contribution >= 0.6 is 0 Å². The van der Waals surface area contributed by atoms with E-state index in [1.54, 1.807) is 35.6 Å². The first-order chi connectivity index (χ1) is 16.8. The molecule has 1 spiro atoms. The van der Waals surface area contributed by atoms with Crippen LogP contribution in [0, 0.1) is 17.0 Å². The number of carbonyl (C=O) groups is 1. The smallest absolute Gasteiger partial charge is 0.329 e. The summed E-state index contributed by atoms with van der Waals surface area (Å²) in [6, 6.07) is 4.77. The van der Waals surface area contributed by atoms with Gasteiger partial charge in [-0.1, -0.05) is 30.3 Å². The van der Waals surface area contributed by atoms with E-state index in [2.05, 4.69) is 4.72 Å². The van der Waals surface area contributed by atoms with Gasteiger partial charge in [0.1, 0.15) is 18.2 Å². The largest absolute Gasteiger partial charge is 0.405 e. The van der Waals surface area contributed by atoms with Crippen LogP contribution in [0.15, 0.2) is 42.5 Å². The number of likely N-dealkylation sites (tertiary alicyclic amines) is 1. The predicted octanol–water partition coefficient (Wildman–Crippen LogP) is 4.13. The van der Waals surface area contributed by atoms with Gasteiger partial charge in [-0.05, 0) is 42.5 Å². The lowest BCUT2D eigenvalue weighted by atomic mass is 9.91. The van der Waals surface area contributed by atoms with Gasteiger partial charge in [0.05, 0.1) is 6.04 Å². The normalized spacial score (nSPS) is 21.1. The molecule has 1 aliphatic carbocycles. The van der Waals surface area contributed by atoms with E-state index in [0.717, 1.165) is 17.0 Å². The summed E-state index contributed by atoms with van der Waals surface area (Å²) in [4.78, 5) is 13.7. The van der Waals surface area contributed by atoms with Gasteiger partial charge in [-0.2, -0.15) is 13.2 Å². The third-order valence-electron chi connectivity index (χ3n) is 6.60. The van der Waals surface area contributed by atoms with Gasteiger partial charge >= 0.3 is 12.2 Å². The Morgan fingerprint density at radius 1 is 1.11 bits per heavy atom. The minimum Gasteiger partial charge on any atom is -0.329 e. The van der Waals surface area contributed by atoms with Crippen molar-refractivity contribution in [3.63, 3.8) is 0 Å². The Morgan fingerprint density at radius 2 is 1.78 bits per heavy atom. The fraction of sp³-hybridized carbons (Fsp3) is 0.435. The van der Waals surface area contributed by atoms with Gasteiger partial charge in [-0.3, -0.25) is 0 Å². The zero-order chi connectivity index (χ0) is 26.3. The van der Waals surface area contributed by atoms with Gasteiger partial charge in [-0.25, -0.2) is 31.1 Å². The molecule has 4 rings (SSSR count). The Hall–Kier alpha value is -2.80. The van der Waals surface area contributed by atoms with Crippen LogP contribution in [0.2, 0.25) is 0 Å². The number of amides is 2. The van der Waals surface area contributed by atoms with Crippen LogP contribution in [0.5, 0.6) is 0 Å². The third kappa shape index (κ3) is 5.61. The molecule has 2 fully saturated rings. The van der Waals surface area contributed by atoms with Crippen molar-refractivity contribution in [2.75, 3.05) is 19.1 Å². The number of alkyl halides is 4. The first kappa shape index (κ1) is 26.3. The number of carbonyl (C=O) groups excluding carboxylic acids is 1. The Bertz CT molecular complexity index is 1240. The number of rotatable bonds is 7. The molecule has 2 aromatic rings. The van der Waals surface area contributed by atoms with Gasteiger partial charge in [0.25, 0.3) is 0 Å². The molecule has 36 heavy (non-hydrogen) atoms. The first-order valence-electron chi connectivity index (χ1n) is 11.0. The molecule has 2 N–H and O–H groups in total. The number of urea groups is 1. The van der Waals surface area contributed by atoms with Gasteiger partial charge in [0, 0.05) is 23.6 Å². The minimum absolute atomic E-state index is 0.0707. The number of sulfonamides is 1. The summed E-state index contributed by atoms with van der Waals surface area (Å²) in [6.45, 7) is -1.75. The average molecular weight is 536 g/mol. The highest BCUT2D eigenvalue weighted by Crippen LogP contribution is 2.55. The molecule has 2 aromatic carbocycles. The van der Waals surface area contributed by atoms with Crippen molar-refractivity contribution in [2.45, 2.75) is 37.5 Å². The summed E-state index contributed by atoms with van der Waals surface area (Å²) < 4.78 is 108. The topological polar surface area (TPSA) is 78.5 Å². The number of nitrogens with zero attached hydrogens (tertiary/aromatic N) is 1. The second-order valence-corrected chi connectivity index (χ2v) is 10.8. The van der Waals surface area contributed by atoms with E-state index in [1.165, 1.54) is 0 Å². The van der Waals surface area contributed by atoms with Gasteiger partial charge in [-0.15, -0.1) is 0 Å². The van der Waals surface area contributed by atoms with E-state index in [0.29, 0.717) is 18.4 Å². The van der Waals surface area contributed by atoms with Crippen molar-refractivity contribution in [1.29, 1.82) is 0 Å². The second-order valence-electron chi connectivity index (χ2n) is 9.15. The molecule has 1 saturated carbocycles. The fourth-order valence-corrected chi connectivity index (χ4v) is 5.63. The van der Waals surface area contributed by atoms with Crippen molar-refractivity contribution in [3.05, 3.63) is 59.7 Å². The maximum Gasteiger partial charge on any atom is 0.405 e. The van der Waals surface area contributed by atoms with Gasteiger partial charge < -0.3 is 10.2 Å². The molecule has 2 amide bonds. The van der Waals surface area contributed by atoms with Crippen LogP contribution in [-0.4, -0.2) is 56.7 Å². The third-order valence-corrected chi connectivity index (χ3v) is 7.50. The number of nitrogens with one attached hydrogen (secondary N) is 2. The van der Waals surface area contributed by atoms with Gasteiger partial charge in [0.2, 0.25) is 16.0 Å². The first-order valence-corrected chi connectivity index (χ1v) is 12.7. The summed E-state index contributed by atoms with van der Waals surface area (Å²) in [5.74, 6) is -1.61. The highest BCUT2D eigenvalue weighted by molar-refractivity contribution is 7.89. The van der Waals surface area contributed by atoms with Crippen LogP contribution in [0.3, 0.4) is 0 Å². The Balaban J connectivity index is 1.72. The van der Waals surface area contributed by atoms with E-state index in [-0.39, 0.29) is 17.7 Å². The molecular formula is C23H23F6N3O3S. The van der Waals surface area contributed by atoms with Crippen LogP contribution < -0.4 is 10.0 Å². The van der Waals surface area contributed by atoms with E-state index < -0.39 is 70.3 Å². The van der Waals surface area contributed by atoms with E-state index in [4.69, 9.17) is 0 Å². The second kappa shape index (κ2) is 9.58. The van der Waals surface area contributed by atoms with Crippen molar-refractivity contribution in [3.8, 4) is 11.1 Å². The number of hydrogen-bond donors (Lipinski definition) is 2. The monoisotopic (exact) mass is 535 g/mol. The van der Waals surface area contributed by atoms with E-state index in [9.17, 15) is 35.2 Å². The van der Waals surface area contributed by atoms with Crippen molar-refractivity contribution in [1.82, 2.24) is 14.9 Å². The Labute approximate surface area is 203 Å². The highest BCUT2D eigenvalue weighted by Gasteiger charge is 2.61. The molecule has 0 radical (unpaired) electrons. The van der Waals surface area contributed by atoms with Crippen LogP contribution in [0.4, 0.5) is 31.1 Å². The molecule has 0 bridgehead atoms. The SMILES string of the molecule is O=C(NCC(F)(F)F)N1CC2(CC2)[C@H](NS(=O)(=O)CF)[C@@H]1Cc1cc(F)cc(-c2ccccc2)c1F. The molecule has 0 aromatic heterocycles. The lowest BCUT2D eigenvalue weighted by molar-refractivity contribution is -0.123. The minimum atomic E-state index is -4.70. The molecule has 0 unspecified atom stereocenters. The molecule has 1 saturated heterocycles. The van der Waals surface area contributed by atoms with Crippen molar-refractivity contribution in [2.24, 2.45) is 5.41 Å². The number of hydrogen-bond acceptors (Lipinski definition) is 3. The van der Waals surface area contributed by atoms with Crippen LogP contribution in [0.1, 0.15) is 18.4 Å². The standard InChI is InChI=1S/C23H23F6N3O3S/c24-13-36(34,35)31-20-18(32(12-22(20)6-7-22)21(33)30-11-23(27,28)29)9-15-8-16(25)10-17(19(15)26)14-4-2-1-3-5-14/h1-5,8,10,18,20,31H,6-7,9,11-13H2,(H,30,33)/t18-,20+/m0/s1. The lowest BCUT2D eigenvalue weighted by Crippen LogP contribution is -2.52. The van der Waals surface area contributed by atoms with E-state index >= 15 is 4.39 Å². The molecule has 1 heterocycles. The fourth-order valence-electron chi connectivity index (χ4n) is 4.78. The number of benzene rings is 2. The zero-order valence-corrected chi connectivity index (χ0v) is 19.6. The Morgan fingerprint density at radius 3 is 2.36 bits per heavy atom. The zero-order valence-electron chi connectivity index (χ0n) is 18.8. The quantitative estimate of drug-likeness (QED) is 0.524. The summed E-state index contributed by atoms with van der Waals surface area (Å²) in [6.07, 6.45) is -4.26.